The normalized spacial score (nSPS) is 27.9. The maximum Gasteiger partial charge on any atom is 0.311 e. The van der Waals surface area contributed by atoms with E-state index in [1.807, 2.05) is 0 Å². The highest BCUT2D eigenvalue weighted by molar-refractivity contribution is 5.77. The molecule has 0 heterocycles. The number of hydrogen-bond donors (Lipinski definition) is 1. The molecule has 3 nitrogen and oxygen atoms in total. The Morgan fingerprint density at radius 1 is 1.23 bits per heavy atom. The van der Waals surface area contributed by atoms with Crippen molar-refractivity contribution in [3.63, 3.8) is 0 Å². The zero-order chi connectivity index (χ0) is 9.53. The van der Waals surface area contributed by atoms with Crippen molar-refractivity contribution in [2.45, 2.75) is 38.5 Å². The highest BCUT2D eigenvalue weighted by Crippen LogP contribution is 2.64. The smallest absolute Gasteiger partial charge is 0.311 e. The first-order valence-electron chi connectivity index (χ1n) is 4.82. The summed E-state index contributed by atoms with van der Waals surface area (Å²) in [5.74, 6) is -0.746. The molecule has 2 aliphatic rings. The molecule has 13 heavy (non-hydrogen) atoms. The third kappa shape index (κ3) is 0.918. The lowest BCUT2D eigenvalue weighted by Gasteiger charge is -2.28. The van der Waals surface area contributed by atoms with Crippen molar-refractivity contribution in [2.24, 2.45) is 10.8 Å². The first kappa shape index (κ1) is 8.55. The van der Waals surface area contributed by atoms with Gasteiger partial charge in [-0.05, 0) is 25.7 Å². The second kappa shape index (κ2) is 2.47. The average molecular weight is 179 g/mol. The van der Waals surface area contributed by atoms with Gasteiger partial charge < -0.3 is 5.11 Å². The standard InChI is InChI=1S/C10H13NO2/c11-7-9(5-6-9)10(8(12)13)3-1-2-4-10/h1-6H2,(H,12,13). The molecule has 0 saturated heterocycles. The molecule has 0 atom stereocenters. The van der Waals surface area contributed by atoms with Crippen LogP contribution in [0.5, 0.6) is 0 Å². The van der Waals surface area contributed by atoms with Gasteiger partial charge >= 0.3 is 5.97 Å². The van der Waals surface area contributed by atoms with Crippen LogP contribution in [0.4, 0.5) is 0 Å². The number of nitriles is 1. The molecule has 0 unspecified atom stereocenters. The number of carbonyl (C=O) groups is 1. The van der Waals surface area contributed by atoms with Crippen LogP contribution in [0.3, 0.4) is 0 Å². The molecule has 0 aromatic rings. The van der Waals surface area contributed by atoms with Crippen LogP contribution in [0.1, 0.15) is 38.5 Å². The molecule has 2 aliphatic carbocycles. The van der Waals surface area contributed by atoms with Gasteiger partial charge in [0.1, 0.15) is 0 Å². The van der Waals surface area contributed by atoms with Crippen LogP contribution in [0, 0.1) is 22.2 Å². The first-order valence-corrected chi connectivity index (χ1v) is 4.82. The van der Waals surface area contributed by atoms with Gasteiger partial charge in [0.05, 0.1) is 16.9 Å². The van der Waals surface area contributed by atoms with E-state index in [0.717, 1.165) is 25.7 Å². The monoisotopic (exact) mass is 179 g/mol. The van der Waals surface area contributed by atoms with Crippen molar-refractivity contribution >= 4 is 5.97 Å². The third-order valence-corrected chi connectivity index (χ3v) is 3.75. The summed E-state index contributed by atoms with van der Waals surface area (Å²) in [6.07, 6.45) is 4.92. The summed E-state index contributed by atoms with van der Waals surface area (Å²) >= 11 is 0. The minimum absolute atomic E-state index is 0.505. The molecule has 0 spiro atoms. The summed E-state index contributed by atoms with van der Waals surface area (Å²) in [7, 11) is 0. The van der Waals surface area contributed by atoms with E-state index in [1.165, 1.54) is 0 Å². The molecule has 2 saturated carbocycles. The minimum Gasteiger partial charge on any atom is -0.481 e. The SMILES string of the molecule is N#CC1(C2(C(=O)O)CCCC2)CC1. The van der Waals surface area contributed by atoms with Gasteiger partial charge in [-0.3, -0.25) is 4.79 Å². The molecule has 3 heteroatoms. The molecule has 2 rings (SSSR count). The fourth-order valence-corrected chi connectivity index (χ4v) is 2.70. The Balaban J connectivity index is 2.34. The third-order valence-electron chi connectivity index (χ3n) is 3.75. The Hall–Kier alpha value is -1.04. The molecule has 0 bridgehead atoms. The van der Waals surface area contributed by atoms with E-state index in [2.05, 4.69) is 6.07 Å². The molecule has 0 amide bonds. The zero-order valence-electron chi connectivity index (χ0n) is 7.55. The highest BCUT2D eigenvalue weighted by atomic mass is 16.4. The summed E-state index contributed by atoms with van der Waals surface area (Å²) in [4.78, 5) is 11.2. The molecule has 0 radical (unpaired) electrons. The molecule has 0 aromatic carbocycles. The lowest BCUT2D eigenvalue weighted by atomic mass is 9.72. The molecule has 0 aliphatic heterocycles. The Labute approximate surface area is 77.4 Å². The summed E-state index contributed by atoms with van der Waals surface area (Å²) in [6.45, 7) is 0. The van der Waals surface area contributed by atoms with E-state index in [4.69, 9.17) is 5.26 Å². The van der Waals surface area contributed by atoms with Gasteiger partial charge in [0.2, 0.25) is 0 Å². The van der Waals surface area contributed by atoms with Gasteiger partial charge in [-0.25, -0.2) is 0 Å². The Morgan fingerprint density at radius 3 is 2.08 bits per heavy atom. The van der Waals surface area contributed by atoms with Gasteiger partial charge in [0.15, 0.2) is 0 Å². The lowest BCUT2D eigenvalue weighted by Crippen LogP contribution is -2.36. The van der Waals surface area contributed by atoms with Crippen molar-refractivity contribution < 1.29 is 9.90 Å². The fourth-order valence-electron chi connectivity index (χ4n) is 2.70. The second-order valence-electron chi connectivity index (χ2n) is 4.29. The minimum atomic E-state index is -0.746. The van der Waals surface area contributed by atoms with Crippen LogP contribution in [-0.4, -0.2) is 11.1 Å². The van der Waals surface area contributed by atoms with Crippen LogP contribution in [0.25, 0.3) is 0 Å². The largest absolute Gasteiger partial charge is 0.481 e. The predicted molar refractivity (Wildman–Crippen MR) is 45.8 cm³/mol. The van der Waals surface area contributed by atoms with Crippen molar-refractivity contribution in [3.05, 3.63) is 0 Å². The molecular weight excluding hydrogens is 166 g/mol. The maximum absolute atomic E-state index is 11.2. The maximum atomic E-state index is 11.2. The summed E-state index contributed by atoms with van der Waals surface area (Å²) in [5, 5.41) is 18.2. The number of carboxylic acids is 1. The van der Waals surface area contributed by atoms with Gasteiger partial charge in [-0.2, -0.15) is 5.26 Å². The van der Waals surface area contributed by atoms with Crippen molar-refractivity contribution in [3.8, 4) is 6.07 Å². The fraction of sp³-hybridized carbons (Fsp3) is 0.800. The van der Waals surface area contributed by atoms with Crippen molar-refractivity contribution in [1.82, 2.24) is 0 Å². The van der Waals surface area contributed by atoms with E-state index in [-0.39, 0.29) is 0 Å². The van der Waals surface area contributed by atoms with Crippen LogP contribution in [0.15, 0.2) is 0 Å². The molecule has 0 aromatic heterocycles. The number of carboxylic acid groups (broad SMARTS) is 1. The quantitative estimate of drug-likeness (QED) is 0.704. The Bertz CT molecular complexity index is 280. The van der Waals surface area contributed by atoms with E-state index in [0.29, 0.717) is 12.8 Å². The number of aliphatic carboxylic acids is 1. The van der Waals surface area contributed by atoms with E-state index >= 15 is 0 Å². The summed E-state index contributed by atoms with van der Waals surface area (Å²) in [6, 6.07) is 2.24. The summed E-state index contributed by atoms with van der Waals surface area (Å²) < 4.78 is 0. The van der Waals surface area contributed by atoms with Gasteiger partial charge in [-0.15, -0.1) is 0 Å². The zero-order valence-corrected chi connectivity index (χ0v) is 7.55. The van der Waals surface area contributed by atoms with Crippen LogP contribution in [-0.2, 0) is 4.79 Å². The van der Waals surface area contributed by atoms with E-state index in [9.17, 15) is 9.90 Å². The highest BCUT2D eigenvalue weighted by Gasteiger charge is 2.64. The number of rotatable bonds is 2. The average Bonchev–Trinajstić information content (AvgIpc) is 2.76. The Kier molecular flexibility index (Phi) is 1.63. The Morgan fingerprint density at radius 2 is 1.77 bits per heavy atom. The molecule has 70 valence electrons. The van der Waals surface area contributed by atoms with Gasteiger partial charge in [-0.1, -0.05) is 12.8 Å². The van der Waals surface area contributed by atoms with Crippen LogP contribution >= 0.6 is 0 Å². The predicted octanol–water partition coefficient (Wildman–Crippen LogP) is 1.94. The van der Waals surface area contributed by atoms with Crippen LogP contribution < -0.4 is 0 Å². The first-order chi connectivity index (χ1) is 6.17. The van der Waals surface area contributed by atoms with E-state index in [1.54, 1.807) is 0 Å². The molecule has 1 N–H and O–H groups in total. The lowest BCUT2D eigenvalue weighted by molar-refractivity contribution is -0.151. The topological polar surface area (TPSA) is 61.1 Å². The van der Waals surface area contributed by atoms with Gasteiger partial charge in [0, 0.05) is 0 Å². The van der Waals surface area contributed by atoms with Crippen LogP contribution in [0.2, 0.25) is 0 Å². The number of hydrogen-bond acceptors (Lipinski definition) is 2. The molecule has 2 fully saturated rings. The summed E-state index contributed by atoms with van der Waals surface area (Å²) in [5.41, 5.74) is -1.20. The van der Waals surface area contributed by atoms with Gasteiger partial charge in [0.25, 0.3) is 0 Å². The second-order valence-corrected chi connectivity index (χ2v) is 4.29. The van der Waals surface area contributed by atoms with Crippen molar-refractivity contribution in [2.75, 3.05) is 0 Å². The van der Waals surface area contributed by atoms with E-state index < -0.39 is 16.8 Å². The van der Waals surface area contributed by atoms with Crippen molar-refractivity contribution in [1.29, 1.82) is 5.26 Å². The molecular formula is C10H13NO2. The number of nitrogens with zero attached hydrogens (tertiary/aromatic N) is 1.